The van der Waals surface area contributed by atoms with Crippen molar-refractivity contribution in [2.24, 2.45) is 0 Å². The van der Waals surface area contributed by atoms with Gasteiger partial charge in [-0.15, -0.1) is 0 Å². The number of nitrogens with one attached hydrogen (secondary N) is 1. The molecule has 17 heavy (non-hydrogen) atoms. The Balaban J connectivity index is 2.20. The molecule has 0 saturated heterocycles. The van der Waals surface area contributed by atoms with Crippen LogP contribution < -0.4 is 10.1 Å². The van der Waals surface area contributed by atoms with Crippen molar-refractivity contribution in [3.05, 3.63) is 58.6 Å². The maximum Gasteiger partial charge on any atom is 0.131 e. The molecule has 2 rings (SSSR count). The van der Waals surface area contributed by atoms with Crippen LogP contribution >= 0.6 is 15.9 Å². The van der Waals surface area contributed by atoms with Crippen LogP contribution in [0.1, 0.15) is 5.56 Å². The number of rotatable bonds is 4. The third kappa shape index (κ3) is 3.32. The van der Waals surface area contributed by atoms with E-state index in [0.717, 1.165) is 28.1 Å². The lowest BCUT2D eigenvalue weighted by molar-refractivity contribution is 0.474. The molecule has 0 atom stereocenters. The van der Waals surface area contributed by atoms with Gasteiger partial charge in [0.15, 0.2) is 0 Å². The number of hydrogen-bond donors (Lipinski definition) is 1. The van der Waals surface area contributed by atoms with E-state index in [0.29, 0.717) is 0 Å². The Labute approximate surface area is 110 Å². The van der Waals surface area contributed by atoms with Gasteiger partial charge in [0.2, 0.25) is 0 Å². The lowest BCUT2D eigenvalue weighted by atomic mass is 10.2. The Bertz CT molecular complexity index is 482. The first kappa shape index (κ1) is 12.1. The van der Waals surface area contributed by atoms with Gasteiger partial charge in [-0.25, -0.2) is 0 Å². The molecular weight excluding hydrogens is 278 g/mol. The molecule has 0 bridgehead atoms. The molecule has 0 unspecified atom stereocenters. The highest BCUT2D eigenvalue weighted by Gasteiger charge is 2.03. The molecule has 0 aliphatic heterocycles. The molecule has 88 valence electrons. The Morgan fingerprint density at radius 2 is 1.76 bits per heavy atom. The molecule has 0 aromatic heterocycles. The van der Waals surface area contributed by atoms with Crippen LogP contribution in [-0.2, 0) is 6.54 Å². The van der Waals surface area contributed by atoms with Crippen LogP contribution in [0.5, 0.6) is 11.5 Å². The second kappa shape index (κ2) is 5.84. The quantitative estimate of drug-likeness (QED) is 0.921. The monoisotopic (exact) mass is 291 g/mol. The van der Waals surface area contributed by atoms with E-state index in [9.17, 15) is 0 Å². The fraction of sp³-hybridized carbons (Fsp3) is 0.143. The highest BCUT2D eigenvalue weighted by molar-refractivity contribution is 9.10. The van der Waals surface area contributed by atoms with Gasteiger partial charge in [0.05, 0.1) is 0 Å². The van der Waals surface area contributed by atoms with Gasteiger partial charge < -0.3 is 10.1 Å². The summed E-state index contributed by atoms with van der Waals surface area (Å²) in [6, 6.07) is 15.9. The molecule has 3 heteroatoms. The third-order valence-electron chi connectivity index (χ3n) is 2.38. The fourth-order valence-corrected chi connectivity index (χ4v) is 1.83. The van der Waals surface area contributed by atoms with Crippen molar-refractivity contribution in [3.8, 4) is 11.5 Å². The van der Waals surface area contributed by atoms with E-state index in [1.165, 1.54) is 0 Å². The molecule has 2 aromatic carbocycles. The van der Waals surface area contributed by atoms with E-state index in [2.05, 4.69) is 27.3 Å². The Morgan fingerprint density at radius 1 is 1.06 bits per heavy atom. The first-order valence-electron chi connectivity index (χ1n) is 5.45. The Hall–Kier alpha value is -1.32. The SMILES string of the molecule is CNCc1ccccc1Oc1ccc(Br)cc1. The number of halogens is 1. The van der Waals surface area contributed by atoms with E-state index in [-0.39, 0.29) is 0 Å². The standard InChI is InChI=1S/C14H14BrNO/c1-16-10-11-4-2-3-5-14(11)17-13-8-6-12(15)7-9-13/h2-9,16H,10H2,1H3. The van der Waals surface area contributed by atoms with Gasteiger partial charge in [0.1, 0.15) is 11.5 Å². The minimum absolute atomic E-state index is 0.798. The zero-order chi connectivity index (χ0) is 12.1. The van der Waals surface area contributed by atoms with Crippen LogP contribution in [0.4, 0.5) is 0 Å². The third-order valence-corrected chi connectivity index (χ3v) is 2.91. The second-order valence-corrected chi connectivity index (χ2v) is 4.61. The van der Waals surface area contributed by atoms with Crippen molar-refractivity contribution in [3.63, 3.8) is 0 Å². The summed E-state index contributed by atoms with van der Waals surface area (Å²) in [5, 5.41) is 3.13. The smallest absolute Gasteiger partial charge is 0.131 e. The summed E-state index contributed by atoms with van der Waals surface area (Å²) >= 11 is 3.40. The molecule has 0 aliphatic rings. The lowest BCUT2D eigenvalue weighted by Crippen LogP contribution is -2.06. The molecule has 0 fully saturated rings. The number of para-hydroxylation sites is 1. The van der Waals surface area contributed by atoms with E-state index >= 15 is 0 Å². The zero-order valence-electron chi connectivity index (χ0n) is 9.61. The molecule has 0 aliphatic carbocycles. The van der Waals surface area contributed by atoms with Crippen molar-refractivity contribution in [2.75, 3.05) is 7.05 Å². The van der Waals surface area contributed by atoms with Crippen LogP contribution in [0.15, 0.2) is 53.0 Å². The largest absolute Gasteiger partial charge is 0.457 e. The highest BCUT2D eigenvalue weighted by atomic mass is 79.9. The molecule has 0 saturated carbocycles. The van der Waals surface area contributed by atoms with Crippen molar-refractivity contribution in [2.45, 2.75) is 6.54 Å². The summed E-state index contributed by atoms with van der Waals surface area (Å²) < 4.78 is 6.91. The maximum atomic E-state index is 5.86. The summed E-state index contributed by atoms with van der Waals surface area (Å²) in [5.74, 6) is 1.74. The van der Waals surface area contributed by atoms with Crippen molar-refractivity contribution < 1.29 is 4.74 Å². The van der Waals surface area contributed by atoms with Crippen LogP contribution in [0.25, 0.3) is 0 Å². The van der Waals surface area contributed by atoms with Crippen LogP contribution in [-0.4, -0.2) is 7.05 Å². The van der Waals surface area contributed by atoms with Gasteiger partial charge in [-0.05, 0) is 37.4 Å². The molecule has 0 amide bonds. The normalized spacial score (nSPS) is 10.2. The topological polar surface area (TPSA) is 21.3 Å². The van der Waals surface area contributed by atoms with Crippen molar-refractivity contribution in [1.29, 1.82) is 0 Å². The average Bonchev–Trinajstić information content (AvgIpc) is 2.35. The molecule has 0 heterocycles. The Morgan fingerprint density at radius 3 is 2.47 bits per heavy atom. The Kier molecular flexibility index (Phi) is 4.18. The molecule has 2 aromatic rings. The average molecular weight is 292 g/mol. The molecule has 1 N–H and O–H groups in total. The van der Waals surface area contributed by atoms with Gasteiger partial charge in [-0.2, -0.15) is 0 Å². The van der Waals surface area contributed by atoms with E-state index in [1.807, 2.05) is 49.5 Å². The summed E-state index contributed by atoms with van der Waals surface area (Å²) in [6.07, 6.45) is 0. The number of ether oxygens (including phenoxy) is 1. The fourth-order valence-electron chi connectivity index (χ4n) is 1.57. The molecular formula is C14H14BrNO. The van der Waals surface area contributed by atoms with Crippen LogP contribution in [0, 0.1) is 0 Å². The summed E-state index contributed by atoms with van der Waals surface area (Å²) in [6.45, 7) is 0.798. The van der Waals surface area contributed by atoms with Crippen molar-refractivity contribution >= 4 is 15.9 Å². The molecule has 0 spiro atoms. The minimum atomic E-state index is 0.798. The van der Waals surface area contributed by atoms with Gasteiger partial charge in [0.25, 0.3) is 0 Å². The van der Waals surface area contributed by atoms with Gasteiger partial charge in [0, 0.05) is 16.6 Å². The first-order chi connectivity index (χ1) is 8.29. The van der Waals surface area contributed by atoms with Gasteiger partial charge in [-0.1, -0.05) is 34.1 Å². The molecule has 2 nitrogen and oxygen atoms in total. The predicted molar refractivity (Wildman–Crippen MR) is 73.4 cm³/mol. The van der Waals surface area contributed by atoms with Gasteiger partial charge in [-0.3, -0.25) is 0 Å². The van der Waals surface area contributed by atoms with Gasteiger partial charge >= 0.3 is 0 Å². The summed E-state index contributed by atoms with van der Waals surface area (Å²) in [4.78, 5) is 0. The summed E-state index contributed by atoms with van der Waals surface area (Å²) in [7, 11) is 1.93. The van der Waals surface area contributed by atoms with E-state index in [4.69, 9.17) is 4.74 Å². The van der Waals surface area contributed by atoms with Crippen LogP contribution in [0.3, 0.4) is 0 Å². The number of benzene rings is 2. The maximum absolute atomic E-state index is 5.86. The lowest BCUT2D eigenvalue weighted by Gasteiger charge is -2.10. The summed E-state index contributed by atoms with van der Waals surface area (Å²) in [5.41, 5.74) is 1.15. The highest BCUT2D eigenvalue weighted by Crippen LogP contribution is 2.26. The van der Waals surface area contributed by atoms with E-state index < -0.39 is 0 Å². The van der Waals surface area contributed by atoms with E-state index in [1.54, 1.807) is 0 Å². The van der Waals surface area contributed by atoms with Crippen molar-refractivity contribution in [1.82, 2.24) is 5.32 Å². The predicted octanol–water partition coefficient (Wildman–Crippen LogP) is 3.96. The second-order valence-electron chi connectivity index (χ2n) is 3.69. The minimum Gasteiger partial charge on any atom is -0.457 e. The van der Waals surface area contributed by atoms with Crippen LogP contribution in [0.2, 0.25) is 0 Å². The molecule has 0 radical (unpaired) electrons. The first-order valence-corrected chi connectivity index (χ1v) is 6.25. The number of hydrogen-bond acceptors (Lipinski definition) is 2. The zero-order valence-corrected chi connectivity index (χ0v) is 11.2.